The van der Waals surface area contributed by atoms with E-state index in [-0.39, 0.29) is 11.8 Å². The van der Waals surface area contributed by atoms with Crippen molar-refractivity contribution in [1.29, 1.82) is 0 Å². The lowest BCUT2D eigenvalue weighted by molar-refractivity contribution is -0.119. The molecule has 4 nitrogen and oxygen atoms in total. The highest BCUT2D eigenvalue weighted by atomic mass is 16.1. The van der Waals surface area contributed by atoms with E-state index < -0.39 is 0 Å². The lowest BCUT2D eigenvalue weighted by Crippen LogP contribution is -2.12. The van der Waals surface area contributed by atoms with Crippen molar-refractivity contribution in [2.45, 2.75) is 25.7 Å². The number of benzene rings is 1. The Kier molecular flexibility index (Phi) is 8.59. The first-order valence-corrected chi connectivity index (χ1v) is 5.19. The minimum Gasteiger partial charge on any atom is -0.370 e. The second-order valence-corrected chi connectivity index (χ2v) is 3.29. The molecular formula is C12H18N2O2. The van der Waals surface area contributed by atoms with Crippen LogP contribution in [0.15, 0.2) is 36.4 Å². The molecular weight excluding hydrogens is 204 g/mol. The fraction of sp³-hybridized carbons (Fsp3) is 0.333. The van der Waals surface area contributed by atoms with Gasteiger partial charge >= 0.3 is 0 Å². The lowest BCUT2D eigenvalue weighted by atomic mass is 10.2. The molecule has 0 atom stereocenters. The fourth-order valence-electron chi connectivity index (χ4n) is 0.983. The van der Waals surface area contributed by atoms with E-state index in [0.29, 0.717) is 25.7 Å². The average molecular weight is 222 g/mol. The minimum atomic E-state index is -0.329. The van der Waals surface area contributed by atoms with Gasteiger partial charge in [-0.3, -0.25) is 9.59 Å². The molecule has 4 N–H and O–H groups in total. The Morgan fingerprint density at radius 2 is 0.938 bits per heavy atom. The van der Waals surface area contributed by atoms with Gasteiger partial charge in [-0.2, -0.15) is 0 Å². The summed E-state index contributed by atoms with van der Waals surface area (Å²) < 4.78 is 0. The maximum atomic E-state index is 10.2. The highest BCUT2D eigenvalue weighted by Gasteiger charge is 1.96. The van der Waals surface area contributed by atoms with Crippen LogP contribution in [0.25, 0.3) is 0 Å². The Bertz CT molecular complexity index is 256. The van der Waals surface area contributed by atoms with E-state index in [4.69, 9.17) is 11.5 Å². The number of unbranched alkanes of at least 4 members (excludes halogenated alkanes) is 1. The average Bonchev–Trinajstić information content (AvgIpc) is 2.27. The van der Waals surface area contributed by atoms with E-state index in [1.54, 1.807) is 0 Å². The summed E-state index contributed by atoms with van der Waals surface area (Å²) in [5.41, 5.74) is 9.71. The summed E-state index contributed by atoms with van der Waals surface area (Å²) in [6.45, 7) is 0. The first-order valence-electron chi connectivity index (χ1n) is 5.19. The molecule has 0 spiro atoms. The topological polar surface area (TPSA) is 86.2 Å². The van der Waals surface area contributed by atoms with E-state index in [2.05, 4.69) is 0 Å². The van der Waals surface area contributed by atoms with E-state index >= 15 is 0 Å². The van der Waals surface area contributed by atoms with E-state index in [1.807, 2.05) is 36.4 Å². The molecule has 0 fully saturated rings. The smallest absolute Gasteiger partial charge is 0.217 e. The van der Waals surface area contributed by atoms with Crippen LogP contribution >= 0.6 is 0 Å². The van der Waals surface area contributed by atoms with Crippen LogP contribution in [-0.2, 0) is 9.59 Å². The van der Waals surface area contributed by atoms with Gasteiger partial charge in [-0.05, 0) is 12.8 Å². The van der Waals surface area contributed by atoms with Crippen LogP contribution in [-0.4, -0.2) is 11.8 Å². The predicted octanol–water partition coefficient (Wildman–Crippen LogP) is 1.20. The van der Waals surface area contributed by atoms with Crippen molar-refractivity contribution in [2.75, 3.05) is 0 Å². The third-order valence-corrected chi connectivity index (χ3v) is 1.76. The Hall–Kier alpha value is -1.84. The van der Waals surface area contributed by atoms with Crippen molar-refractivity contribution in [3.63, 3.8) is 0 Å². The van der Waals surface area contributed by atoms with Crippen LogP contribution in [0.4, 0.5) is 0 Å². The van der Waals surface area contributed by atoms with Crippen LogP contribution in [0, 0.1) is 0 Å². The summed E-state index contributed by atoms with van der Waals surface area (Å²) in [6, 6.07) is 12.0. The van der Waals surface area contributed by atoms with E-state index in [9.17, 15) is 9.59 Å². The number of amides is 2. The molecule has 0 aromatic heterocycles. The highest BCUT2D eigenvalue weighted by molar-refractivity contribution is 5.74. The van der Waals surface area contributed by atoms with Gasteiger partial charge < -0.3 is 11.5 Å². The Balaban J connectivity index is 0.000000315. The molecule has 2 amide bonds. The second-order valence-electron chi connectivity index (χ2n) is 3.29. The van der Waals surface area contributed by atoms with Crippen molar-refractivity contribution in [1.82, 2.24) is 0 Å². The molecule has 0 saturated carbocycles. The monoisotopic (exact) mass is 222 g/mol. The number of hydrogen-bond acceptors (Lipinski definition) is 2. The van der Waals surface area contributed by atoms with Gasteiger partial charge in [0.1, 0.15) is 0 Å². The van der Waals surface area contributed by atoms with Gasteiger partial charge in [-0.1, -0.05) is 36.4 Å². The van der Waals surface area contributed by atoms with Gasteiger partial charge in [0.05, 0.1) is 0 Å². The summed E-state index contributed by atoms with van der Waals surface area (Å²) in [5, 5.41) is 0. The van der Waals surface area contributed by atoms with Gasteiger partial charge in [-0.25, -0.2) is 0 Å². The number of carbonyl (C=O) groups is 2. The quantitative estimate of drug-likeness (QED) is 0.733. The zero-order chi connectivity index (χ0) is 12.2. The number of carbonyl (C=O) groups excluding carboxylic acids is 2. The summed E-state index contributed by atoms with van der Waals surface area (Å²) >= 11 is 0. The maximum absolute atomic E-state index is 10.2. The van der Waals surface area contributed by atoms with Crippen molar-refractivity contribution >= 4 is 11.8 Å². The highest BCUT2D eigenvalue weighted by Crippen LogP contribution is 1.97. The molecule has 0 saturated heterocycles. The Morgan fingerprint density at radius 3 is 1.12 bits per heavy atom. The van der Waals surface area contributed by atoms with Gasteiger partial charge in [0.15, 0.2) is 0 Å². The summed E-state index contributed by atoms with van der Waals surface area (Å²) in [5.74, 6) is -0.658. The third kappa shape index (κ3) is 12.2. The molecule has 1 rings (SSSR count). The largest absolute Gasteiger partial charge is 0.370 e. The molecule has 4 heteroatoms. The first-order chi connectivity index (χ1) is 7.63. The summed E-state index contributed by atoms with van der Waals surface area (Å²) in [6.07, 6.45) is 1.98. The first kappa shape index (κ1) is 14.2. The van der Waals surface area contributed by atoms with Crippen molar-refractivity contribution in [3.05, 3.63) is 36.4 Å². The maximum Gasteiger partial charge on any atom is 0.217 e. The SMILES string of the molecule is NC(=O)CCCCC(N)=O.c1ccccc1. The third-order valence-electron chi connectivity index (χ3n) is 1.76. The number of nitrogens with two attached hydrogens (primary N) is 2. The van der Waals surface area contributed by atoms with Crippen LogP contribution in [0.5, 0.6) is 0 Å². The van der Waals surface area contributed by atoms with Crippen molar-refractivity contribution in [2.24, 2.45) is 11.5 Å². The molecule has 1 aromatic rings. The summed E-state index contributed by atoms with van der Waals surface area (Å²) in [7, 11) is 0. The van der Waals surface area contributed by atoms with E-state index in [0.717, 1.165) is 0 Å². The fourth-order valence-corrected chi connectivity index (χ4v) is 0.983. The standard InChI is InChI=1S/C6H12N2O2.C6H6/c7-5(9)3-1-2-4-6(8)10;1-2-4-6-5-3-1/h1-4H2,(H2,7,9)(H2,8,10);1-6H. The summed E-state index contributed by atoms with van der Waals surface area (Å²) in [4.78, 5) is 20.3. The number of primary amides is 2. The Morgan fingerprint density at radius 1 is 0.688 bits per heavy atom. The molecule has 16 heavy (non-hydrogen) atoms. The molecule has 0 aliphatic heterocycles. The molecule has 88 valence electrons. The van der Waals surface area contributed by atoms with Gasteiger partial charge in [0, 0.05) is 12.8 Å². The lowest BCUT2D eigenvalue weighted by Gasteiger charge is -1.93. The molecule has 0 aliphatic carbocycles. The number of hydrogen-bond donors (Lipinski definition) is 2. The van der Waals surface area contributed by atoms with Crippen LogP contribution in [0.1, 0.15) is 25.7 Å². The van der Waals surface area contributed by atoms with Crippen LogP contribution < -0.4 is 11.5 Å². The van der Waals surface area contributed by atoms with Gasteiger partial charge in [0.2, 0.25) is 11.8 Å². The normalized spacial score (nSPS) is 8.75. The predicted molar refractivity (Wildman–Crippen MR) is 63.3 cm³/mol. The zero-order valence-corrected chi connectivity index (χ0v) is 9.26. The number of rotatable bonds is 5. The molecule has 0 radical (unpaired) electrons. The van der Waals surface area contributed by atoms with Crippen LogP contribution in [0.3, 0.4) is 0 Å². The van der Waals surface area contributed by atoms with Crippen molar-refractivity contribution < 1.29 is 9.59 Å². The molecule has 0 aliphatic rings. The molecule has 1 aromatic carbocycles. The molecule has 0 heterocycles. The van der Waals surface area contributed by atoms with Crippen molar-refractivity contribution in [3.8, 4) is 0 Å². The Labute approximate surface area is 95.6 Å². The molecule has 0 bridgehead atoms. The minimum absolute atomic E-state index is 0.329. The van der Waals surface area contributed by atoms with Gasteiger partial charge in [-0.15, -0.1) is 0 Å². The second kappa shape index (κ2) is 9.71. The van der Waals surface area contributed by atoms with Gasteiger partial charge in [0.25, 0.3) is 0 Å². The zero-order valence-electron chi connectivity index (χ0n) is 9.26. The molecule has 0 unspecified atom stereocenters. The van der Waals surface area contributed by atoms with Crippen LogP contribution in [0.2, 0.25) is 0 Å². The van der Waals surface area contributed by atoms with E-state index in [1.165, 1.54) is 0 Å².